The maximum Gasteiger partial charge on any atom is 0.0474 e. The Bertz CT molecular complexity index is 686. The third-order valence-electron chi connectivity index (χ3n) is 4.11. The molecule has 0 aromatic heterocycles. The molecule has 0 spiro atoms. The summed E-state index contributed by atoms with van der Waals surface area (Å²) in [6, 6.07) is 19.1. The molecule has 0 saturated heterocycles. The number of hydrogen-bond acceptors (Lipinski definition) is 2. The molecule has 0 atom stereocenters. The third kappa shape index (κ3) is 7.64. The van der Waals surface area contributed by atoms with Crippen LogP contribution in [0, 0.1) is 0 Å². The Kier molecular flexibility index (Phi) is 9.20. The molecular weight excluding hydrogens is 318 g/mol. The Balaban J connectivity index is 1.95. The van der Waals surface area contributed by atoms with Crippen LogP contribution in [0.25, 0.3) is 12.2 Å². The molecule has 0 aliphatic heterocycles. The van der Waals surface area contributed by atoms with Gasteiger partial charge in [-0.05, 0) is 23.1 Å². The van der Waals surface area contributed by atoms with Crippen molar-refractivity contribution >= 4 is 12.2 Å². The molecule has 0 N–H and O–H groups in total. The van der Waals surface area contributed by atoms with Crippen molar-refractivity contribution in [3.05, 3.63) is 96.1 Å². The molecule has 2 aromatic carbocycles. The van der Waals surface area contributed by atoms with Crippen molar-refractivity contribution in [3.63, 3.8) is 0 Å². The van der Waals surface area contributed by atoms with Crippen LogP contribution < -0.4 is 0 Å². The first-order chi connectivity index (χ1) is 12.8. The minimum absolute atomic E-state index is 0.796. The topological polar surface area (TPSA) is 12.5 Å². The molecule has 0 bridgehead atoms. The van der Waals surface area contributed by atoms with E-state index in [-0.39, 0.29) is 0 Å². The van der Waals surface area contributed by atoms with Crippen LogP contribution in [0.1, 0.15) is 23.1 Å². The van der Waals surface area contributed by atoms with Gasteiger partial charge in [-0.15, -0.1) is 0 Å². The summed E-state index contributed by atoms with van der Waals surface area (Å²) in [5.74, 6) is 0. The first-order valence-corrected chi connectivity index (χ1v) is 9.13. The van der Waals surface area contributed by atoms with Gasteiger partial charge in [-0.1, -0.05) is 91.6 Å². The number of ether oxygens (including phenoxy) is 1. The van der Waals surface area contributed by atoms with Crippen molar-refractivity contribution in [1.82, 2.24) is 4.90 Å². The number of nitrogens with zero attached hydrogens (tertiary/aromatic N) is 1. The van der Waals surface area contributed by atoms with Crippen LogP contribution in [0.2, 0.25) is 0 Å². The molecular formula is C24H29NO. The van der Waals surface area contributed by atoms with Gasteiger partial charge in [-0.3, -0.25) is 4.90 Å². The SMILES string of the molecule is C=C/C=C/c1ccc(CN(C/C=C/c2ccccc2)CCCOC)cc1. The fourth-order valence-electron chi connectivity index (χ4n) is 2.74. The average Bonchev–Trinajstić information content (AvgIpc) is 2.68. The van der Waals surface area contributed by atoms with E-state index in [1.54, 1.807) is 13.2 Å². The molecule has 2 aromatic rings. The van der Waals surface area contributed by atoms with E-state index in [0.29, 0.717) is 0 Å². The van der Waals surface area contributed by atoms with Gasteiger partial charge in [0.15, 0.2) is 0 Å². The van der Waals surface area contributed by atoms with E-state index in [1.807, 2.05) is 12.1 Å². The predicted molar refractivity (Wildman–Crippen MR) is 113 cm³/mol. The molecule has 0 unspecified atom stereocenters. The second-order valence-electron chi connectivity index (χ2n) is 6.23. The zero-order chi connectivity index (χ0) is 18.5. The van der Waals surface area contributed by atoms with Crippen LogP contribution in [0.5, 0.6) is 0 Å². The highest BCUT2D eigenvalue weighted by atomic mass is 16.5. The highest BCUT2D eigenvalue weighted by Crippen LogP contribution is 2.10. The molecule has 136 valence electrons. The van der Waals surface area contributed by atoms with E-state index in [2.05, 4.69) is 78.2 Å². The fourth-order valence-corrected chi connectivity index (χ4v) is 2.74. The summed E-state index contributed by atoms with van der Waals surface area (Å²) in [6.45, 7) is 7.39. The zero-order valence-electron chi connectivity index (χ0n) is 15.7. The summed E-state index contributed by atoms with van der Waals surface area (Å²) >= 11 is 0. The summed E-state index contributed by atoms with van der Waals surface area (Å²) in [4.78, 5) is 2.45. The van der Waals surface area contributed by atoms with E-state index in [4.69, 9.17) is 4.74 Å². The Morgan fingerprint density at radius 1 is 0.962 bits per heavy atom. The lowest BCUT2D eigenvalue weighted by atomic mass is 10.1. The van der Waals surface area contributed by atoms with Crippen LogP contribution in [0.4, 0.5) is 0 Å². The fraction of sp³-hybridized carbons (Fsp3) is 0.250. The molecule has 2 rings (SSSR count). The molecule has 2 nitrogen and oxygen atoms in total. The lowest BCUT2D eigenvalue weighted by molar-refractivity contribution is 0.174. The molecule has 0 heterocycles. The van der Waals surface area contributed by atoms with Crippen molar-refractivity contribution in [2.75, 3.05) is 26.8 Å². The van der Waals surface area contributed by atoms with E-state index in [1.165, 1.54) is 16.7 Å². The van der Waals surface area contributed by atoms with Crippen molar-refractivity contribution < 1.29 is 4.74 Å². The standard InChI is InChI=1S/C24H29NO/c1-3-4-10-23-14-16-24(17-15-23)21-25(19-9-20-26-2)18-8-13-22-11-6-5-7-12-22/h3-8,10-17H,1,9,18-21H2,2H3/b10-4+,13-8+. The number of hydrogen-bond donors (Lipinski definition) is 0. The summed E-state index contributed by atoms with van der Waals surface area (Å²) < 4.78 is 5.21. The lowest BCUT2D eigenvalue weighted by Crippen LogP contribution is -2.25. The molecule has 0 saturated carbocycles. The maximum atomic E-state index is 5.21. The Morgan fingerprint density at radius 2 is 1.69 bits per heavy atom. The predicted octanol–water partition coefficient (Wildman–Crippen LogP) is 5.44. The van der Waals surface area contributed by atoms with Gasteiger partial charge in [-0.25, -0.2) is 0 Å². The monoisotopic (exact) mass is 347 g/mol. The molecule has 0 amide bonds. The summed E-state index contributed by atoms with van der Waals surface area (Å²) in [5.41, 5.74) is 3.76. The van der Waals surface area contributed by atoms with Crippen molar-refractivity contribution in [2.24, 2.45) is 0 Å². The van der Waals surface area contributed by atoms with Crippen LogP contribution in [-0.4, -0.2) is 31.7 Å². The Hall–Kier alpha value is -2.42. The highest BCUT2D eigenvalue weighted by Gasteiger charge is 2.04. The van der Waals surface area contributed by atoms with E-state index in [0.717, 1.165) is 32.7 Å². The van der Waals surface area contributed by atoms with Gasteiger partial charge in [0.2, 0.25) is 0 Å². The third-order valence-corrected chi connectivity index (χ3v) is 4.11. The van der Waals surface area contributed by atoms with E-state index in [9.17, 15) is 0 Å². The van der Waals surface area contributed by atoms with Crippen LogP contribution in [0.3, 0.4) is 0 Å². The van der Waals surface area contributed by atoms with Crippen LogP contribution in [0.15, 0.2) is 79.4 Å². The number of allylic oxidation sites excluding steroid dienone is 2. The van der Waals surface area contributed by atoms with E-state index < -0.39 is 0 Å². The molecule has 2 heteroatoms. The normalized spacial score (nSPS) is 11.6. The second-order valence-corrected chi connectivity index (χ2v) is 6.23. The Morgan fingerprint density at radius 3 is 2.38 bits per heavy atom. The average molecular weight is 348 g/mol. The zero-order valence-corrected chi connectivity index (χ0v) is 15.7. The van der Waals surface area contributed by atoms with Gasteiger partial charge in [0, 0.05) is 33.4 Å². The second kappa shape index (κ2) is 12.0. The lowest BCUT2D eigenvalue weighted by Gasteiger charge is -2.21. The summed E-state index contributed by atoms with van der Waals surface area (Å²) in [6.07, 6.45) is 11.3. The van der Waals surface area contributed by atoms with E-state index >= 15 is 0 Å². The van der Waals surface area contributed by atoms with Gasteiger partial charge in [0.1, 0.15) is 0 Å². The van der Waals surface area contributed by atoms with Gasteiger partial charge >= 0.3 is 0 Å². The van der Waals surface area contributed by atoms with Crippen LogP contribution >= 0.6 is 0 Å². The molecule has 26 heavy (non-hydrogen) atoms. The van der Waals surface area contributed by atoms with Gasteiger partial charge < -0.3 is 4.74 Å². The molecule has 0 aliphatic rings. The summed E-state index contributed by atoms with van der Waals surface area (Å²) in [5, 5.41) is 0. The molecule has 0 radical (unpaired) electrons. The van der Waals surface area contributed by atoms with Crippen molar-refractivity contribution in [2.45, 2.75) is 13.0 Å². The quantitative estimate of drug-likeness (QED) is 0.396. The smallest absolute Gasteiger partial charge is 0.0474 e. The minimum Gasteiger partial charge on any atom is -0.385 e. The summed E-state index contributed by atoms with van der Waals surface area (Å²) in [7, 11) is 1.76. The van der Waals surface area contributed by atoms with Gasteiger partial charge in [0.05, 0.1) is 0 Å². The maximum absolute atomic E-state index is 5.21. The van der Waals surface area contributed by atoms with Gasteiger partial charge in [-0.2, -0.15) is 0 Å². The minimum atomic E-state index is 0.796. The molecule has 0 aliphatic carbocycles. The number of methoxy groups -OCH3 is 1. The highest BCUT2D eigenvalue weighted by molar-refractivity contribution is 5.51. The molecule has 0 fully saturated rings. The number of benzene rings is 2. The number of rotatable bonds is 11. The first-order valence-electron chi connectivity index (χ1n) is 9.13. The Labute approximate surface area is 158 Å². The first kappa shape index (κ1) is 19.9. The largest absolute Gasteiger partial charge is 0.385 e. The van der Waals surface area contributed by atoms with Crippen molar-refractivity contribution in [1.29, 1.82) is 0 Å². The van der Waals surface area contributed by atoms with Gasteiger partial charge in [0.25, 0.3) is 0 Å². The van der Waals surface area contributed by atoms with Crippen LogP contribution in [-0.2, 0) is 11.3 Å². The van der Waals surface area contributed by atoms with Crippen molar-refractivity contribution in [3.8, 4) is 0 Å².